The summed E-state index contributed by atoms with van der Waals surface area (Å²) in [5.74, 6) is -1.20. The van der Waals surface area contributed by atoms with Gasteiger partial charge in [-0.1, -0.05) is 0 Å². The molecule has 0 fully saturated rings. The lowest BCUT2D eigenvalue weighted by molar-refractivity contribution is 0.0340. The van der Waals surface area contributed by atoms with E-state index >= 15 is 0 Å². The topological polar surface area (TPSA) is 83.6 Å². The Hall–Kier alpha value is -3.23. The number of carbonyl (C=O) groups is 2. The van der Waals surface area contributed by atoms with Crippen molar-refractivity contribution in [3.8, 4) is 0 Å². The summed E-state index contributed by atoms with van der Waals surface area (Å²) in [7, 11) is 0. The summed E-state index contributed by atoms with van der Waals surface area (Å²) in [5.41, 5.74) is 0.0601. The van der Waals surface area contributed by atoms with Crippen molar-refractivity contribution in [2.45, 2.75) is 33.3 Å². The summed E-state index contributed by atoms with van der Waals surface area (Å²) in [6.45, 7) is 6.77. The number of carbonyl (C=O) groups excluding carboxylic acids is 2. The second kappa shape index (κ2) is 8.64. The maximum atomic E-state index is 13.7. The number of hydrogen-bond acceptors (Lipinski definition) is 5. The highest BCUT2D eigenvalue weighted by Gasteiger charge is 2.26. The van der Waals surface area contributed by atoms with Crippen LogP contribution in [0.1, 0.15) is 27.7 Å². The fraction of sp³-hybridized carbons (Fsp3) is 0.316. The highest BCUT2D eigenvalue weighted by atomic mass is 19.1. The number of amides is 3. The number of benzene rings is 1. The highest BCUT2D eigenvalue weighted by Crippen LogP contribution is 2.27. The van der Waals surface area contributed by atoms with Crippen molar-refractivity contribution in [3.05, 3.63) is 48.3 Å². The minimum atomic E-state index is -0.799. The minimum Gasteiger partial charge on any atom is -0.443 e. The molecule has 0 radical (unpaired) electrons. The Morgan fingerprint density at radius 3 is 2.43 bits per heavy atom. The first-order chi connectivity index (χ1) is 13.1. The summed E-state index contributed by atoms with van der Waals surface area (Å²) in [5, 5.41) is 5.40. The summed E-state index contributed by atoms with van der Waals surface area (Å²) < 4.78 is 31.8. The predicted octanol–water partition coefficient (Wildman–Crippen LogP) is 4.89. The van der Waals surface area contributed by atoms with Crippen molar-refractivity contribution in [1.29, 1.82) is 0 Å². The molecule has 1 heterocycles. The molecule has 0 unspecified atom stereocenters. The SMILES string of the molecule is CCN(C(=O)Nc1ccc(F)cc1Nc1ccc(F)nc1)C(=O)OC(C)(C)C. The maximum Gasteiger partial charge on any atom is 0.418 e. The molecule has 0 aliphatic carbocycles. The van der Waals surface area contributed by atoms with E-state index in [0.717, 1.165) is 23.1 Å². The van der Waals surface area contributed by atoms with Crippen LogP contribution in [0.5, 0.6) is 0 Å². The number of rotatable bonds is 4. The third-order valence-electron chi connectivity index (χ3n) is 3.40. The van der Waals surface area contributed by atoms with Gasteiger partial charge in [-0.25, -0.2) is 23.9 Å². The van der Waals surface area contributed by atoms with Crippen LogP contribution < -0.4 is 10.6 Å². The van der Waals surface area contributed by atoms with Crippen LogP contribution in [0.4, 0.5) is 35.4 Å². The van der Waals surface area contributed by atoms with Gasteiger partial charge >= 0.3 is 12.1 Å². The Labute approximate surface area is 161 Å². The maximum absolute atomic E-state index is 13.7. The van der Waals surface area contributed by atoms with E-state index < -0.39 is 29.5 Å². The van der Waals surface area contributed by atoms with E-state index in [1.165, 1.54) is 18.3 Å². The van der Waals surface area contributed by atoms with Crippen LogP contribution in [-0.4, -0.2) is 34.2 Å². The van der Waals surface area contributed by atoms with Gasteiger partial charge in [-0.05, 0) is 58.0 Å². The van der Waals surface area contributed by atoms with Crippen molar-refractivity contribution < 1.29 is 23.1 Å². The molecule has 0 aliphatic rings. The van der Waals surface area contributed by atoms with Crippen LogP contribution in [0.25, 0.3) is 0 Å². The van der Waals surface area contributed by atoms with Crippen LogP contribution in [0.2, 0.25) is 0 Å². The molecule has 0 aliphatic heterocycles. The average Bonchev–Trinajstić information content (AvgIpc) is 2.58. The van der Waals surface area contributed by atoms with Gasteiger partial charge in [-0.3, -0.25) is 0 Å². The molecule has 0 atom stereocenters. The Balaban J connectivity index is 2.21. The van der Waals surface area contributed by atoms with Crippen molar-refractivity contribution in [2.75, 3.05) is 17.2 Å². The molecule has 0 spiro atoms. The number of nitrogens with zero attached hydrogens (tertiary/aromatic N) is 2. The van der Waals surface area contributed by atoms with Gasteiger partial charge in [0.25, 0.3) is 0 Å². The zero-order valence-corrected chi connectivity index (χ0v) is 16.0. The van der Waals surface area contributed by atoms with Crippen LogP contribution >= 0.6 is 0 Å². The number of pyridine rings is 1. The van der Waals surface area contributed by atoms with Crippen LogP contribution in [0, 0.1) is 11.8 Å². The highest BCUT2D eigenvalue weighted by molar-refractivity contribution is 6.01. The lowest BCUT2D eigenvalue weighted by Gasteiger charge is -2.25. The third-order valence-corrected chi connectivity index (χ3v) is 3.40. The van der Waals surface area contributed by atoms with E-state index in [2.05, 4.69) is 15.6 Å². The third kappa shape index (κ3) is 5.90. The van der Waals surface area contributed by atoms with Gasteiger partial charge in [0.15, 0.2) is 0 Å². The van der Waals surface area contributed by atoms with Gasteiger partial charge in [0, 0.05) is 6.54 Å². The lowest BCUT2D eigenvalue weighted by atomic mass is 10.2. The molecule has 9 heteroatoms. The van der Waals surface area contributed by atoms with E-state index in [9.17, 15) is 18.4 Å². The van der Waals surface area contributed by atoms with Crippen molar-refractivity contribution >= 4 is 29.2 Å². The van der Waals surface area contributed by atoms with E-state index in [4.69, 9.17) is 4.74 Å². The predicted molar refractivity (Wildman–Crippen MR) is 102 cm³/mol. The first-order valence-electron chi connectivity index (χ1n) is 8.58. The number of halogens is 2. The van der Waals surface area contributed by atoms with Crippen LogP contribution in [0.15, 0.2) is 36.5 Å². The minimum absolute atomic E-state index is 0.0760. The molecule has 7 nitrogen and oxygen atoms in total. The number of imide groups is 1. The monoisotopic (exact) mass is 392 g/mol. The van der Waals surface area contributed by atoms with Crippen LogP contribution in [-0.2, 0) is 4.74 Å². The Morgan fingerprint density at radius 1 is 1.14 bits per heavy atom. The van der Waals surface area contributed by atoms with Crippen LogP contribution in [0.3, 0.4) is 0 Å². The van der Waals surface area contributed by atoms with Gasteiger partial charge in [-0.2, -0.15) is 4.39 Å². The summed E-state index contributed by atoms with van der Waals surface area (Å²) >= 11 is 0. The molecular formula is C19H22F2N4O3. The number of nitrogens with one attached hydrogen (secondary N) is 2. The number of anilines is 3. The summed E-state index contributed by atoms with van der Waals surface area (Å²) in [6.07, 6.45) is 0.428. The largest absolute Gasteiger partial charge is 0.443 e. The fourth-order valence-corrected chi connectivity index (χ4v) is 2.19. The first-order valence-corrected chi connectivity index (χ1v) is 8.58. The van der Waals surface area contributed by atoms with Gasteiger partial charge in [0.1, 0.15) is 11.4 Å². The van der Waals surface area contributed by atoms with E-state index in [0.29, 0.717) is 5.69 Å². The van der Waals surface area contributed by atoms with E-state index in [1.807, 2.05) is 0 Å². The second-order valence-corrected chi connectivity index (χ2v) is 6.84. The average molecular weight is 392 g/mol. The van der Waals surface area contributed by atoms with E-state index in [1.54, 1.807) is 27.7 Å². The Kier molecular flexibility index (Phi) is 6.50. The molecule has 3 amide bonds. The number of aromatic nitrogens is 1. The zero-order valence-electron chi connectivity index (χ0n) is 16.0. The molecule has 0 bridgehead atoms. The zero-order chi connectivity index (χ0) is 20.9. The Bertz CT molecular complexity index is 851. The molecule has 2 rings (SSSR count). The van der Waals surface area contributed by atoms with E-state index in [-0.39, 0.29) is 17.9 Å². The Morgan fingerprint density at radius 2 is 1.86 bits per heavy atom. The quantitative estimate of drug-likeness (QED) is 0.724. The number of hydrogen-bond donors (Lipinski definition) is 2. The molecule has 2 aromatic rings. The molecule has 1 aromatic carbocycles. The van der Waals surface area contributed by atoms with Crippen molar-refractivity contribution in [1.82, 2.24) is 9.88 Å². The van der Waals surface area contributed by atoms with Crippen molar-refractivity contribution in [2.24, 2.45) is 0 Å². The number of urea groups is 1. The summed E-state index contributed by atoms with van der Waals surface area (Å²) in [4.78, 5) is 29.1. The summed E-state index contributed by atoms with van der Waals surface area (Å²) in [6, 6.07) is 5.48. The van der Waals surface area contributed by atoms with Gasteiger partial charge in [-0.15, -0.1) is 0 Å². The lowest BCUT2D eigenvalue weighted by Crippen LogP contribution is -2.43. The van der Waals surface area contributed by atoms with Gasteiger partial charge in [0.05, 0.1) is 23.3 Å². The smallest absolute Gasteiger partial charge is 0.418 e. The van der Waals surface area contributed by atoms with Gasteiger partial charge in [0.2, 0.25) is 5.95 Å². The normalized spacial score (nSPS) is 10.9. The molecular weight excluding hydrogens is 370 g/mol. The van der Waals surface area contributed by atoms with Gasteiger partial charge < -0.3 is 15.4 Å². The number of ether oxygens (including phenoxy) is 1. The first kappa shape index (κ1) is 21.1. The standard InChI is InChI=1S/C19H22F2N4O3/c1-5-25(18(27)28-19(2,3)4)17(26)24-14-8-6-12(20)10-15(14)23-13-7-9-16(21)22-11-13/h6-11,23H,5H2,1-4H3,(H,24,26). The molecule has 2 N–H and O–H groups in total. The molecule has 1 aromatic heterocycles. The molecule has 0 saturated heterocycles. The molecule has 28 heavy (non-hydrogen) atoms. The fourth-order valence-electron chi connectivity index (χ4n) is 2.19. The second-order valence-electron chi connectivity index (χ2n) is 6.84. The molecule has 150 valence electrons. The van der Waals surface area contributed by atoms with Crippen molar-refractivity contribution in [3.63, 3.8) is 0 Å². The molecule has 0 saturated carbocycles.